The molecule has 88 valence electrons. The van der Waals surface area contributed by atoms with Gasteiger partial charge < -0.3 is 11.1 Å². The molecular formula is C8H11ClN4O2S. The Morgan fingerprint density at radius 2 is 2.12 bits per heavy atom. The number of hydrogen-bond donors (Lipinski definition) is 2. The van der Waals surface area contributed by atoms with Gasteiger partial charge in [-0.25, -0.2) is 0 Å². The van der Waals surface area contributed by atoms with Crippen LogP contribution in [0.2, 0.25) is 4.47 Å². The minimum Gasteiger partial charge on any atom is -0.370 e. The molecule has 1 aromatic heterocycles. The van der Waals surface area contributed by atoms with E-state index in [1.54, 1.807) is 13.8 Å². The molecule has 16 heavy (non-hydrogen) atoms. The lowest BCUT2D eigenvalue weighted by Gasteiger charge is -2.23. The number of halogens is 1. The average Bonchev–Trinajstić information content (AvgIpc) is 2.47. The SMILES string of the molecule is CC(C)(CC(N)=O)NC(=O)c1nnc(Cl)s1. The molecule has 0 aliphatic heterocycles. The van der Waals surface area contributed by atoms with Crippen molar-refractivity contribution in [3.05, 3.63) is 9.47 Å². The fraction of sp³-hybridized carbons (Fsp3) is 0.500. The van der Waals surface area contributed by atoms with Crippen LogP contribution < -0.4 is 11.1 Å². The molecule has 8 heteroatoms. The second kappa shape index (κ2) is 4.75. The van der Waals surface area contributed by atoms with E-state index in [1.165, 1.54) is 0 Å². The van der Waals surface area contributed by atoms with Gasteiger partial charge in [-0.2, -0.15) is 0 Å². The van der Waals surface area contributed by atoms with Gasteiger partial charge in [-0.15, -0.1) is 10.2 Å². The Labute approximate surface area is 101 Å². The van der Waals surface area contributed by atoms with Crippen LogP contribution in [0.1, 0.15) is 30.1 Å². The highest BCUT2D eigenvalue weighted by Gasteiger charge is 2.25. The average molecular weight is 263 g/mol. The van der Waals surface area contributed by atoms with Crippen molar-refractivity contribution in [1.82, 2.24) is 15.5 Å². The van der Waals surface area contributed by atoms with E-state index in [4.69, 9.17) is 17.3 Å². The van der Waals surface area contributed by atoms with Crippen molar-refractivity contribution in [2.24, 2.45) is 5.73 Å². The van der Waals surface area contributed by atoms with Crippen LogP contribution in [0, 0.1) is 0 Å². The summed E-state index contributed by atoms with van der Waals surface area (Å²) in [7, 11) is 0. The van der Waals surface area contributed by atoms with Crippen molar-refractivity contribution in [2.75, 3.05) is 0 Å². The van der Waals surface area contributed by atoms with Crippen LogP contribution in [0.25, 0.3) is 0 Å². The molecule has 2 amide bonds. The molecule has 0 radical (unpaired) electrons. The van der Waals surface area contributed by atoms with Gasteiger partial charge in [0.25, 0.3) is 5.91 Å². The van der Waals surface area contributed by atoms with Gasteiger partial charge in [0, 0.05) is 12.0 Å². The Bertz CT molecular complexity index is 418. The fourth-order valence-corrected chi connectivity index (χ4v) is 1.86. The standard InChI is InChI=1S/C8H11ClN4O2S/c1-8(2,3-4(10)14)11-5(15)6-12-13-7(9)16-6/h3H2,1-2H3,(H2,10,14)(H,11,15). The van der Waals surface area contributed by atoms with Crippen LogP contribution in [0.3, 0.4) is 0 Å². The highest BCUT2D eigenvalue weighted by atomic mass is 35.5. The van der Waals surface area contributed by atoms with Crippen molar-refractivity contribution in [1.29, 1.82) is 0 Å². The highest BCUT2D eigenvalue weighted by molar-refractivity contribution is 7.17. The summed E-state index contributed by atoms with van der Waals surface area (Å²) in [6, 6.07) is 0. The smallest absolute Gasteiger partial charge is 0.282 e. The Morgan fingerprint density at radius 1 is 1.50 bits per heavy atom. The molecule has 6 nitrogen and oxygen atoms in total. The lowest BCUT2D eigenvalue weighted by molar-refractivity contribution is -0.119. The summed E-state index contributed by atoms with van der Waals surface area (Å²) >= 11 is 6.52. The van der Waals surface area contributed by atoms with Crippen LogP contribution in [-0.4, -0.2) is 27.6 Å². The Hall–Kier alpha value is -1.21. The predicted octanol–water partition coefficient (Wildman–Crippen LogP) is 0.575. The molecule has 0 bridgehead atoms. The third-order valence-corrected chi connectivity index (χ3v) is 2.68. The molecule has 0 saturated carbocycles. The molecule has 1 aromatic rings. The molecule has 1 heterocycles. The summed E-state index contributed by atoms with van der Waals surface area (Å²) in [4.78, 5) is 22.4. The summed E-state index contributed by atoms with van der Waals surface area (Å²) in [5.74, 6) is -0.906. The van der Waals surface area contributed by atoms with Gasteiger partial charge in [-0.05, 0) is 25.4 Å². The maximum Gasteiger partial charge on any atom is 0.282 e. The molecule has 0 unspecified atom stereocenters. The van der Waals surface area contributed by atoms with Crippen molar-refractivity contribution in [3.8, 4) is 0 Å². The number of nitrogens with two attached hydrogens (primary N) is 1. The molecule has 0 atom stereocenters. The number of aromatic nitrogens is 2. The van der Waals surface area contributed by atoms with Crippen LogP contribution in [0.4, 0.5) is 0 Å². The lowest BCUT2D eigenvalue weighted by atomic mass is 10.0. The van der Waals surface area contributed by atoms with Crippen molar-refractivity contribution < 1.29 is 9.59 Å². The van der Waals surface area contributed by atoms with Crippen LogP contribution in [0.15, 0.2) is 0 Å². The van der Waals surface area contributed by atoms with E-state index in [1.807, 2.05) is 0 Å². The van der Waals surface area contributed by atoms with Gasteiger partial charge in [-0.1, -0.05) is 11.3 Å². The summed E-state index contributed by atoms with van der Waals surface area (Å²) < 4.78 is 0.192. The number of hydrogen-bond acceptors (Lipinski definition) is 5. The van der Waals surface area contributed by atoms with E-state index in [0.29, 0.717) is 0 Å². The van der Waals surface area contributed by atoms with Gasteiger partial charge in [0.15, 0.2) is 0 Å². The summed E-state index contributed by atoms with van der Waals surface area (Å²) in [6.07, 6.45) is 0.0469. The Balaban J connectivity index is 2.67. The summed E-state index contributed by atoms with van der Waals surface area (Å²) in [6.45, 7) is 3.39. The van der Waals surface area contributed by atoms with E-state index in [9.17, 15) is 9.59 Å². The van der Waals surface area contributed by atoms with E-state index in [-0.39, 0.29) is 15.9 Å². The van der Waals surface area contributed by atoms with E-state index in [0.717, 1.165) is 11.3 Å². The minimum absolute atomic E-state index is 0.0469. The van der Waals surface area contributed by atoms with Crippen LogP contribution in [0.5, 0.6) is 0 Å². The second-order valence-corrected chi connectivity index (χ2v) is 5.40. The molecule has 0 fully saturated rings. The first-order chi connectivity index (χ1) is 7.30. The van der Waals surface area contributed by atoms with Crippen molar-refractivity contribution in [2.45, 2.75) is 25.8 Å². The second-order valence-electron chi connectivity index (χ2n) is 3.84. The number of nitrogens with one attached hydrogen (secondary N) is 1. The van der Waals surface area contributed by atoms with Crippen LogP contribution >= 0.6 is 22.9 Å². The predicted molar refractivity (Wildman–Crippen MR) is 60.3 cm³/mol. The molecular weight excluding hydrogens is 252 g/mol. The van der Waals surface area contributed by atoms with Crippen LogP contribution in [-0.2, 0) is 4.79 Å². The maximum atomic E-state index is 11.6. The third kappa shape index (κ3) is 3.74. The lowest BCUT2D eigenvalue weighted by Crippen LogP contribution is -2.46. The number of primary amides is 1. The molecule has 3 N–H and O–H groups in total. The molecule has 1 rings (SSSR count). The molecule has 0 aliphatic rings. The zero-order valence-corrected chi connectivity index (χ0v) is 10.4. The van der Waals surface area contributed by atoms with Gasteiger partial charge >= 0.3 is 0 Å². The molecule has 0 aliphatic carbocycles. The first kappa shape index (κ1) is 12.9. The summed E-state index contributed by atoms with van der Waals surface area (Å²) in [5, 5.41) is 9.88. The molecule has 0 saturated heterocycles. The first-order valence-corrected chi connectivity index (χ1v) is 5.59. The van der Waals surface area contributed by atoms with Crippen molar-refractivity contribution in [3.63, 3.8) is 0 Å². The highest BCUT2D eigenvalue weighted by Crippen LogP contribution is 2.16. The largest absolute Gasteiger partial charge is 0.370 e. The van der Waals surface area contributed by atoms with Gasteiger partial charge in [0.1, 0.15) is 0 Å². The number of nitrogens with zero attached hydrogens (tertiary/aromatic N) is 2. The van der Waals surface area contributed by atoms with Gasteiger partial charge in [0.2, 0.25) is 15.4 Å². The first-order valence-electron chi connectivity index (χ1n) is 4.40. The minimum atomic E-state index is -0.721. The number of carbonyl (C=O) groups excluding carboxylic acids is 2. The normalized spacial score (nSPS) is 11.2. The molecule has 0 spiro atoms. The van der Waals surface area contributed by atoms with Crippen molar-refractivity contribution >= 4 is 34.8 Å². The number of amides is 2. The summed E-state index contributed by atoms with van der Waals surface area (Å²) in [5.41, 5.74) is 4.34. The van der Waals surface area contributed by atoms with E-state index >= 15 is 0 Å². The fourth-order valence-electron chi connectivity index (χ4n) is 1.14. The quantitative estimate of drug-likeness (QED) is 0.829. The Kier molecular flexibility index (Phi) is 3.82. The van der Waals surface area contributed by atoms with E-state index in [2.05, 4.69) is 15.5 Å². The van der Waals surface area contributed by atoms with E-state index < -0.39 is 17.4 Å². The number of rotatable bonds is 4. The molecule has 0 aromatic carbocycles. The monoisotopic (exact) mass is 262 g/mol. The Morgan fingerprint density at radius 3 is 2.56 bits per heavy atom. The maximum absolute atomic E-state index is 11.6. The zero-order chi connectivity index (χ0) is 12.3. The third-order valence-electron chi connectivity index (χ3n) is 1.66. The van der Waals surface area contributed by atoms with Gasteiger partial charge in [-0.3, -0.25) is 9.59 Å². The topological polar surface area (TPSA) is 98.0 Å². The van der Waals surface area contributed by atoms with Gasteiger partial charge in [0.05, 0.1) is 0 Å². The zero-order valence-electron chi connectivity index (χ0n) is 8.78. The number of carbonyl (C=O) groups is 2.